The van der Waals surface area contributed by atoms with Crippen molar-refractivity contribution in [3.63, 3.8) is 0 Å². The lowest BCUT2D eigenvalue weighted by Crippen LogP contribution is -2.19. The van der Waals surface area contributed by atoms with Crippen molar-refractivity contribution in [1.29, 1.82) is 0 Å². The second-order valence-corrected chi connectivity index (χ2v) is 1.47. The first kappa shape index (κ1) is 12.9. The maximum absolute atomic E-state index is 10.5. The molecule has 0 unspecified atom stereocenters. The summed E-state index contributed by atoms with van der Waals surface area (Å²) in [6, 6.07) is 0. The maximum Gasteiger partial charge on any atom is 0.272 e. The van der Waals surface area contributed by atoms with E-state index in [-0.39, 0.29) is 23.1 Å². The first-order valence-corrected chi connectivity index (χ1v) is 2.51. The summed E-state index contributed by atoms with van der Waals surface area (Å²) in [6.07, 6.45) is 1.59. The van der Waals surface area contributed by atoms with Crippen LogP contribution in [-0.4, -0.2) is 40.4 Å². The number of rotatable bonds is 4. The molecule has 0 aliphatic heterocycles. The first-order valence-electron chi connectivity index (χ1n) is 2.51. The van der Waals surface area contributed by atoms with Crippen molar-refractivity contribution in [2.45, 2.75) is 0 Å². The lowest BCUT2D eigenvalue weighted by atomic mass is 10.2. The van der Waals surface area contributed by atoms with Crippen LogP contribution in [-0.2, 0) is 14.4 Å². The Labute approximate surface area is 80.3 Å². The van der Waals surface area contributed by atoms with Crippen molar-refractivity contribution in [1.82, 2.24) is 0 Å². The van der Waals surface area contributed by atoms with Gasteiger partial charge < -0.3 is 0 Å². The Bertz CT molecular complexity index is 196. The van der Waals surface area contributed by atoms with Gasteiger partial charge in [0, 0.05) is 23.1 Å². The van der Waals surface area contributed by atoms with Crippen molar-refractivity contribution in [3.8, 4) is 0 Å². The van der Waals surface area contributed by atoms with Gasteiger partial charge in [-0.1, -0.05) is 13.2 Å². The average molecular weight is 162 g/mol. The number of Topliss-reactive ketones (excluding diaryl/α,β-unsaturated/α-hetero) is 1. The summed E-state index contributed by atoms with van der Waals surface area (Å²) in [5.41, 5.74) is 0. The minimum atomic E-state index is -1.09. The number of carbonyl (C=O) groups is 3. The summed E-state index contributed by atoms with van der Waals surface area (Å²) in [5, 5.41) is 0. The van der Waals surface area contributed by atoms with E-state index < -0.39 is 17.3 Å². The topological polar surface area (TPSA) is 51.2 Å². The average Bonchev–Trinajstić information content (AvgIpc) is 2.00. The Balaban J connectivity index is 0. The van der Waals surface area contributed by atoms with Crippen LogP contribution in [0, 0.1) is 0 Å². The largest absolute Gasteiger partial charge is 0.285 e. The number of ketones is 3. The monoisotopic (exact) mass is 162 g/mol. The van der Waals surface area contributed by atoms with Gasteiger partial charge in [0.1, 0.15) is 0 Å². The zero-order valence-corrected chi connectivity index (χ0v) is 7.41. The van der Waals surface area contributed by atoms with Gasteiger partial charge in [-0.05, 0) is 12.2 Å². The summed E-state index contributed by atoms with van der Waals surface area (Å²) in [5.74, 6) is -2.89. The van der Waals surface area contributed by atoms with Crippen LogP contribution >= 0.6 is 0 Å². The maximum atomic E-state index is 10.5. The van der Waals surface area contributed by atoms with Crippen molar-refractivity contribution in [2.75, 3.05) is 0 Å². The first-order chi connectivity index (χ1) is 4.63. The molecule has 0 bridgehead atoms. The molecule has 11 heavy (non-hydrogen) atoms. The molecule has 0 spiro atoms. The molecule has 0 aromatic carbocycles. The molecule has 0 saturated carbocycles. The van der Waals surface area contributed by atoms with Gasteiger partial charge in [-0.2, -0.15) is 0 Å². The van der Waals surface area contributed by atoms with Crippen LogP contribution in [0.5, 0.6) is 0 Å². The highest BCUT2D eigenvalue weighted by Gasteiger charge is 2.15. The lowest BCUT2D eigenvalue weighted by molar-refractivity contribution is -0.140. The van der Waals surface area contributed by atoms with Crippen LogP contribution in [0.1, 0.15) is 0 Å². The zero-order valence-electron chi connectivity index (χ0n) is 6.00. The second-order valence-electron chi connectivity index (χ2n) is 1.47. The fourth-order valence-electron chi connectivity index (χ4n) is 0.307. The molecule has 2 radical (unpaired) electrons. The minimum absolute atomic E-state index is 0. The SMILES string of the molecule is C=CC(=O)C(=O)C(=O)C=C.[Mg]. The Hall–Kier alpha value is -0.744. The van der Waals surface area contributed by atoms with E-state index in [0.29, 0.717) is 0 Å². The summed E-state index contributed by atoms with van der Waals surface area (Å²) in [6.45, 7) is 6.08. The molecule has 0 N–H and O–H groups in total. The molecule has 0 aliphatic rings. The van der Waals surface area contributed by atoms with E-state index in [9.17, 15) is 14.4 Å². The summed E-state index contributed by atoms with van der Waals surface area (Å²) < 4.78 is 0. The third kappa shape index (κ3) is 3.85. The predicted octanol–water partition coefficient (Wildman–Crippen LogP) is -0.315. The molecule has 0 heterocycles. The molecule has 54 valence electrons. The predicted molar refractivity (Wildman–Crippen MR) is 41.2 cm³/mol. The number of hydrogen-bond donors (Lipinski definition) is 0. The molecule has 4 heteroatoms. The molecule has 0 fully saturated rings. The van der Waals surface area contributed by atoms with Gasteiger partial charge in [0.2, 0.25) is 11.6 Å². The van der Waals surface area contributed by atoms with Gasteiger partial charge in [0.25, 0.3) is 5.78 Å². The molecule has 0 aromatic rings. The van der Waals surface area contributed by atoms with Gasteiger partial charge in [-0.3, -0.25) is 14.4 Å². The van der Waals surface area contributed by atoms with Crippen LogP contribution in [0.25, 0.3) is 0 Å². The highest BCUT2D eigenvalue weighted by molar-refractivity contribution is 6.67. The Kier molecular flexibility index (Phi) is 7.03. The molecular formula is C7H6MgO3. The van der Waals surface area contributed by atoms with Gasteiger partial charge in [0.05, 0.1) is 0 Å². The smallest absolute Gasteiger partial charge is 0.272 e. The van der Waals surface area contributed by atoms with Crippen molar-refractivity contribution < 1.29 is 14.4 Å². The van der Waals surface area contributed by atoms with E-state index in [1.54, 1.807) is 0 Å². The summed E-state index contributed by atoms with van der Waals surface area (Å²) >= 11 is 0. The molecule has 0 saturated heterocycles. The van der Waals surface area contributed by atoms with E-state index in [1.807, 2.05) is 0 Å². The van der Waals surface area contributed by atoms with Crippen molar-refractivity contribution in [3.05, 3.63) is 25.3 Å². The molecular weight excluding hydrogens is 156 g/mol. The van der Waals surface area contributed by atoms with Gasteiger partial charge >= 0.3 is 0 Å². The van der Waals surface area contributed by atoms with E-state index in [0.717, 1.165) is 12.2 Å². The van der Waals surface area contributed by atoms with Crippen molar-refractivity contribution in [2.24, 2.45) is 0 Å². The minimum Gasteiger partial charge on any atom is -0.285 e. The Morgan fingerprint density at radius 3 is 1.36 bits per heavy atom. The highest BCUT2D eigenvalue weighted by Crippen LogP contribution is 1.81. The van der Waals surface area contributed by atoms with Gasteiger partial charge in [0.15, 0.2) is 0 Å². The van der Waals surface area contributed by atoms with Crippen LogP contribution < -0.4 is 0 Å². The number of carbonyl (C=O) groups excluding carboxylic acids is 3. The second kappa shape index (κ2) is 6.00. The summed E-state index contributed by atoms with van der Waals surface area (Å²) in [4.78, 5) is 31.2. The molecule has 0 aliphatic carbocycles. The van der Waals surface area contributed by atoms with E-state index >= 15 is 0 Å². The van der Waals surface area contributed by atoms with Gasteiger partial charge in [-0.25, -0.2) is 0 Å². The Morgan fingerprint density at radius 2 is 1.18 bits per heavy atom. The standard InChI is InChI=1S/C7H6O3.Mg/c1-3-5(8)7(10)6(9)4-2;/h3-4H,1-2H2;. The van der Waals surface area contributed by atoms with E-state index in [4.69, 9.17) is 0 Å². The quantitative estimate of drug-likeness (QED) is 0.246. The normalized spacial score (nSPS) is 7.27. The van der Waals surface area contributed by atoms with Crippen LogP contribution in [0.15, 0.2) is 25.3 Å². The van der Waals surface area contributed by atoms with Crippen LogP contribution in [0.2, 0.25) is 0 Å². The van der Waals surface area contributed by atoms with Crippen LogP contribution in [0.4, 0.5) is 0 Å². The Morgan fingerprint density at radius 1 is 0.909 bits per heavy atom. The number of allylic oxidation sites excluding steroid dienone is 2. The summed E-state index contributed by atoms with van der Waals surface area (Å²) in [7, 11) is 0. The lowest BCUT2D eigenvalue weighted by Gasteiger charge is -1.85. The molecule has 0 rings (SSSR count). The van der Waals surface area contributed by atoms with Crippen molar-refractivity contribution >= 4 is 40.4 Å². The third-order valence-electron chi connectivity index (χ3n) is 0.818. The highest BCUT2D eigenvalue weighted by atomic mass is 24.3. The van der Waals surface area contributed by atoms with E-state index in [2.05, 4.69) is 13.2 Å². The van der Waals surface area contributed by atoms with Gasteiger partial charge in [-0.15, -0.1) is 0 Å². The fraction of sp³-hybridized carbons (Fsp3) is 0. The number of hydrogen-bond acceptors (Lipinski definition) is 3. The molecule has 0 amide bonds. The fourth-order valence-corrected chi connectivity index (χ4v) is 0.307. The molecule has 3 nitrogen and oxygen atoms in total. The van der Waals surface area contributed by atoms with E-state index in [1.165, 1.54) is 0 Å². The molecule has 0 aromatic heterocycles. The zero-order chi connectivity index (χ0) is 8.15. The third-order valence-corrected chi connectivity index (χ3v) is 0.818. The van der Waals surface area contributed by atoms with Crippen LogP contribution in [0.3, 0.4) is 0 Å². The molecule has 0 atom stereocenters.